The second-order valence-corrected chi connectivity index (χ2v) is 4.19. The Balaban J connectivity index is 2.97. The summed E-state index contributed by atoms with van der Waals surface area (Å²) >= 11 is 3.21. The summed E-state index contributed by atoms with van der Waals surface area (Å²) in [4.78, 5) is 15.5. The maximum absolute atomic E-state index is 11.5. The molecule has 1 aromatic heterocycles. The number of esters is 1. The number of halogens is 1. The zero-order valence-corrected chi connectivity index (χ0v) is 10.1. The maximum Gasteiger partial charge on any atom is 0.357 e. The van der Waals surface area contributed by atoms with Crippen molar-refractivity contribution in [3.05, 3.63) is 28.0 Å². The first-order valence-electron chi connectivity index (χ1n) is 4.51. The molecule has 0 spiro atoms. The second kappa shape index (κ2) is 5.23. The third kappa shape index (κ3) is 3.28. The number of aliphatic hydroxyl groups excluding tert-OH is 1. The van der Waals surface area contributed by atoms with Crippen molar-refractivity contribution in [2.75, 3.05) is 0 Å². The van der Waals surface area contributed by atoms with Crippen LogP contribution in [0.5, 0.6) is 0 Å². The number of aromatic nitrogens is 1. The molecule has 0 aliphatic rings. The first-order valence-corrected chi connectivity index (χ1v) is 5.30. The minimum absolute atomic E-state index is 0.161. The third-order valence-corrected chi connectivity index (χ3v) is 2.07. The van der Waals surface area contributed by atoms with Gasteiger partial charge in [-0.3, -0.25) is 0 Å². The van der Waals surface area contributed by atoms with E-state index in [-0.39, 0.29) is 18.4 Å². The van der Waals surface area contributed by atoms with Crippen LogP contribution in [-0.4, -0.2) is 22.2 Å². The lowest BCUT2D eigenvalue weighted by Crippen LogP contribution is -2.15. The predicted octanol–water partition coefficient (Wildman–Crippen LogP) is 1.90. The molecular formula is C10H12BrNO3. The van der Waals surface area contributed by atoms with Crippen molar-refractivity contribution < 1.29 is 14.6 Å². The van der Waals surface area contributed by atoms with Gasteiger partial charge in [0.25, 0.3) is 0 Å². The standard InChI is InChI=1S/C10H12BrNO3/c1-6(2)15-10(14)9-7(5-13)3-8(11)4-12-9/h3-4,6,13H,5H2,1-2H3. The molecule has 0 aromatic carbocycles. The monoisotopic (exact) mass is 273 g/mol. The minimum atomic E-state index is -0.512. The zero-order chi connectivity index (χ0) is 11.4. The average Bonchev–Trinajstić information content (AvgIpc) is 2.16. The van der Waals surface area contributed by atoms with E-state index in [9.17, 15) is 4.79 Å². The van der Waals surface area contributed by atoms with Crippen molar-refractivity contribution in [1.82, 2.24) is 4.98 Å². The largest absolute Gasteiger partial charge is 0.458 e. The Bertz CT molecular complexity index is 366. The van der Waals surface area contributed by atoms with E-state index < -0.39 is 5.97 Å². The summed E-state index contributed by atoms with van der Waals surface area (Å²) in [5.74, 6) is -0.512. The van der Waals surface area contributed by atoms with Crippen LogP contribution in [0.15, 0.2) is 16.7 Å². The first kappa shape index (κ1) is 12.1. The van der Waals surface area contributed by atoms with Crippen LogP contribution in [0.2, 0.25) is 0 Å². The highest BCUT2D eigenvalue weighted by Gasteiger charge is 2.15. The first-order chi connectivity index (χ1) is 7.04. The van der Waals surface area contributed by atoms with Crippen LogP contribution in [0, 0.1) is 0 Å². The summed E-state index contributed by atoms with van der Waals surface area (Å²) in [7, 11) is 0. The molecule has 4 nitrogen and oxygen atoms in total. The van der Waals surface area contributed by atoms with Crippen LogP contribution < -0.4 is 0 Å². The van der Waals surface area contributed by atoms with Crippen LogP contribution in [0.1, 0.15) is 29.9 Å². The van der Waals surface area contributed by atoms with E-state index in [2.05, 4.69) is 20.9 Å². The Morgan fingerprint density at radius 3 is 2.87 bits per heavy atom. The number of rotatable bonds is 3. The highest BCUT2D eigenvalue weighted by molar-refractivity contribution is 9.10. The Morgan fingerprint density at radius 1 is 1.67 bits per heavy atom. The summed E-state index contributed by atoms with van der Waals surface area (Å²) in [6.45, 7) is 3.28. The molecule has 0 radical (unpaired) electrons. The summed E-state index contributed by atoms with van der Waals surface area (Å²) < 4.78 is 5.71. The molecule has 82 valence electrons. The SMILES string of the molecule is CC(C)OC(=O)c1ncc(Br)cc1CO. The van der Waals surface area contributed by atoms with Gasteiger partial charge in [0.2, 0.25) is 0 Å². The van der Waals surface area contributed by atoms with Gasteiger partial charge in [-0.05, 0) is 35.8 Å². The topological polar surface area (TPSA) is 59.4 Å². The highest BCUT2D eigenvalue weighted by Crippen LogP contribution is 2.15. The summed E-state index contributed by atoms with van der Waals surface area (Å²) in [6, 6.07) is 1.64. The number of hydrogen-bond acceptors (Lipinski definition) is 4. The molecule has 0 unspecified atom stereocenters. The summed E-state index contributed by atoms with van der Waals surface area (Å²) in [5.41, 5.74) is 0.615. The lowest BCUT2D eigenvalue weighted by molar-refractivity contribution is 0.0367. The predicted molar refractivity (Wildman–Crippen MR) is 58.4 cm³/mol. The summed E-state index contributed by atoms with van der Waals surface area (Å²) in [5, 5.41) is 9.06. The van der Waals surface area contributed by atoms with Crippen molar-refractivity contribution in [2.24, 2.45) is 0 Å². The molecule has 0 atom stereocenters. The van der Waals surface area contributed by atoms with Crippen molar-refractivity contribution in [1.29, 1.82) is 0 Å². The molecule has 0 bridgehead atoms. The number of ether oxygens (including phenoxy) is 1. The molecule has 1 aromatic rings. The number of nitrogens with zero attached hydrogens (tertiary/aromatic N) is 1. The van der Waals surface area contributed by atoms with Crippen molar-refractivity contribution >= 4 is 21.9 Å². The van der Waals surface area contributed by atoms with Gasteiger partial charge in [0.1, 0.15) is 0 Å². The van der Waals surface area contributed by atoms with Gasteiger partial charge in [-0.15, -0.1) is 0 Å². The molecule has 0 fully saturated rings. The molecule has 1 heterocycles. The van der Waals surface area contributed by atoms with E-state index >= 15 is 0 Å². The van der Waals surface area contributed by atoms with Crippen molar-refractivity contribution in [2.45, 2.75) is 26.6 Å². The van der Waals surface area contributed by atoms with Gasteiger partial charge in [-0.1, -0.05) is 0 Å². The Labute approximate surface area is 96.4 Å². The normalized spacial score (nSPS) is 10.5. The molecule has 1 rings (SSSR count). The molecule has 0 saturated carbocycles. The second-order valence-electron chi connectivity index (χ2n) is 3.27. The highest BCUT2D eigenvalue weighted by atomic mass is 79.9. The number of pyridine rings is 1. The van der Waals surface area contributed by atoms with Gasteiger partial charge < -0.3 is 9.84 Å². The van der Waals surface area contributed by atoms with Crippen LogP contribution >= 0.6 is 15.9 Å². The lowest BCUT2D eigenvalue weighted by Gasteiger charge is -2.09. The van der Waals surface area contributed by atoms with Crippen LogP contribution in [0.3, 0.4) is 0 Å². The lowest BCUT2D eigenvalue weighted by atomic mass is 10.2. The van der Waals surface area contributed by atoms with Gasteiger partial charge >= 0.3 is 5.97 Å². The smallest absolute Gasteiger partial charge is 0.357 e. The molecule has 0 amide bonds. The summed E-state index contributed by atoms with van der Waals surface area (Å²) in [6.07, 6.45) is 1.30. The fourth-order valence-corrected chi connectivity index (χ4v) is 1.43. The maximum atomic E-state index is 11.5. The molecule has 0 saturated heterocycles. The van der Waals surface area contributed by atoms with Crippen LogP contribution in [0.4, 0.5) is 0 Å². The minimum Gasteiger partial charge on any atom is -0.458 e. The van der Waals surface area contributed by atoms with Gasteiger partial charge in [-0.2, -0.15) is 0 Å². The average molecular weight is 274 g/mol. The van der Waals surface area contributed by atoms with E-state index in [1.54, 1.807) is 19.9 Å². The Morgan fingerprint density at radius 2 is 2.33 bits per heavy atom. The number of carbonyl (C=O) groups excluding carboxylic acids is 1. The van der Waals surface area contributed by atoms with Gasteiger partial charge in [0, 0.05) is 16.2 Å². The Kier molecular flexibility index (Phi) is 4.23. The molecular weight excluding hydrogens is 262 g/mol. The van der Waals surface area contributed by atoms with Gasteiger partial charge in [0.05, 0.1) is 12.7 Å². The van der Waals surface area contributed by atoms with E-state index in [4.69, 9.17) is 9.84 Å². The number of aliphatic hydroxyl groups is 1. The molecule has 15 heavy (non-hydrogen) atoms. The third-order valence-electron chi connectivity index (χ3n) is 1.64. The zero-order valence-electron chi connectivity index (χ0n) is 8.53. The van der Waals surface area contributed by atoms with E-state index in [1.807, 2.05) is 0 Å². The number of hydrogen-bond donors (Lipinski definition) is 1. The van der Waals surface area contributed by atoms with Gasteiger partial charge in [-0.25, -0.2) is 9.78 Å². The fraction of sp³-hybridized carbons (Fsp3) is 0.400. The Hall–Kier alpha value is -0.940. The van der Waals surface area contributed by atoms with Crippen molar-refractivity contribution in [3.8, 4) is 0 Å². The molecule has 5 heteroatoms. The molecule has 1 N–H and O–H groups in total. The number of carbonyl (C=O) groups is 1. The molecule has 0 aliphatic heterocycles. The van der Waals surface area contributed by atoms with Crippen LogP contribution in [0.25, 0.3) is 0 Å². The fourth-order valence-electron chi connectivity index (χ4n) is 1.06. The molecule has 0 aliphatic carbocycles. The van der Waals surface area contributed by atoms with E-state index in [0.29, 0.717) is 10.0 Å². The quantitative estimate of drug-likeness (QED) is 0.855. The van der Waals surface area contributed by atoms with E-state index in [0.717, 1.165) is 0 Å². The van der Waals surface area contributed by atoms with E-state index in [1.165, 1.54) is 6.20 Å². The van der Waals surface area contributed by atoms with Crippen LogP contribution in [-0.2, 0) is 11.3 Å². The van der Waals surface area contributed by atoms with Gasteiger partial charge in [0.15, 0.2) is 5.69 Å². The van der Waals surface area contributed by atoms with Crippen molar-refractivity contribution in [3.63, 3.8) is 0 Å².